The van der Waals surface area contributed by atoms with Gasteiger partial charge >= 0.3 is 0 Å². The SMILES string of the molecule is Cc1cc(C)c2nc(NC(=O)c3c(-c4ccccc4Cl)noc3C)sc2c1. The lowest BCUT2D eigenvalue weighted by molar-refractivity contribution is 0.102. The van der Waals surface area contributed by atoms with Crippen LogP contribution < -0.4 is 5.32 Å². The Balaban J connectivity index is 1.72. The summed E-state index contributed by atoms with van der Waals surface area (Å²) in [6.45, 7) is 5.76. The number of hydrogen-bond donors (Lipinski definition) is 1. The van der Waals surface area contributed by atoms with Gasteiger partial charge in [0, 0.05) is 5.56 Å². The zero-order chi connectivity index (χ0) is 19.1. The van der Waals surface area contributed by atoms with Crippen molar-refractivity contribution in [3.05, 3.63) is 63.9 Å². The van der Waals surface area contributed by atoms with Crippen molar-refractivity contribution >= 4 is 44.2 Å². The van der Waals surface area contributed by atoms with Crippen LogP contribution >= 0.6 is 22.9 Å². The highest BCUT2D eigenvalue weighted by atomic mass is 35.5. The largest absolute Gasteiger partial charge is 0.360 e. The predicted molar refractivity (Wildman–Crippen MR) is 109 cm³/mol. The summed E-state index contributed by atoms with van der Waals surface area (Å²) in [4.78, 5) is 17.5. The molecule has 1 amide bonds. The number of halogens is 1. The molecule has 0 spiro atoms. The van der Waals surface area contributed by atoms with Gasteiger partial charge < -0.3 is 4.52 Å². The maximum Gasteiger partial charge on any atom is 0.263 e. The third-order valence-electron chi connectivity index (χ3n) is 4.27. The van der Waals surface area contributed by atoms with Crippen LogP contribution in [0.4, 0.5) is 5.13 Å². The minimum Gasteiger partial charge on any atom is -0.360 e. The molecular weight excluding hydrogens is 382 g/mol. The van der Waals surface area contributed by atoms with Gasteiger partial charge in [-0.1, -0.05) is 52.4 Å². The fourth-order valence-corrected chi connectivity index (χ4v) is 4.32. The minimum absolute atomic E-state index is 0.322. The van der Waals surface area contributed by atoms with Gasteiger partial charge in [0.25, 0.3) is 5.91 Å². The molecule has 0 saturated heterocycles. The van der Waals surface area contributed by atoms with Gasteiger partial charge in [-0.3, -0.25) is 10.1 Å². The predicted octanol–water partition coefficient (Wildman–Crippen LogP) is 5.78. The van der Waals surface area contributed by atoms with Crippen molar-refractivity contribution in [1.82, 2.24) is 10.1 Å². The van der Waals surface area contributed by atoms with E-state index in [-0.39, 0.29) is 5.91 Å². The van der Waals surface area contributed by atoms with Crippen LogP contribution in [0, 0.1) is 20.8 Å². The highest BCUT2D eigenvalue weighted by Gasteiger charge is 2.24. The van der Waals surface area contributed by atoms with Gasteiger partial charge in [0.2, 0.25) is 0 Å². The molecular formula is C20H16ClN3O2S. The summed E-state index contributed by atoms with van der Waals surface area (Å²) >= 11 is 7.71. The number of anilines is 1. The molecule has 2 aromatic carbocycles. The Morgan fingerprint density at radius 3 is 2.74 bits per heavy atom. The number of nitrogens with one attached hydrogen (secondary N) is 1. The Bertz CT molecular complexity index is 1180. The molecule has 5 nitrogen and oxygen atoms in total. The molecule has 0 unspecified atom stereocenters. The maximum absolute atomic E-state index is 12.9. The Morgan fingerprint density at radius 2 is 1.96 bits per heavy atom. The van der Waals surface area contributed by atoms with Crippen molar-refractivity contribution in [3.8, 4) is 11.3 Å². The molecule has 4 rings (SSSR count). The molecule has 0 aliphatic carbocycles. The van der Waals surface area contributed by atoms with Crippen LogP contribution in [0.5, 0.6) is 0 Å². The van der Waals surface area contributed by atoms with E-state index in [1.807, 2.05) is 26.0 Å². The number of benzene rings is 2. The van der Waals surface area contributed by atoms with Gasteiger partial charge in [-0.25, -0.2) is 4.98 Å². The molecule has 0 fully saturated rings. The Morgan fingerprint density at radius 1 is 1.19 bits per heavy atom. The standard InChI is InChI=1S/C20H16ClN3O2S/c1-10-8-11(2)17-15(9-10)27-20(22-17)23-19(25)16-12(3)26-24-18(16)13-6-4-5-7-14(13)21/h4-9H,1-3H3,(H,22,23,25). The number of carbonyl (C=O) groups is 1. The van der Waals surface area contributed by atoms with E-state index in [1.165, 1.54) is 11.3 Å². The lowest BCUT2D eigenvalue weighted by Crippen LogP contribution is -2.13. The number of carbonyl (C=O) groups excluding carboxylic acids is 1. The Kier molecular flexibility index (Phi) is 4.45. The molecule has 0 bridgehead atoms. The fourth-order valence-electron chi connectivity index (χ4n) is 3.06. The molecule has 0 saturated carbocycles. The molecule has 0 atom stereocenters. The van der Waals surface area contributed by atoms with E-state index in [1.54, 1.807) is 19.1 Å². The van der Waals surface area contributed by atoms with Crippen LogP contribution in [0.15, 0.2) is 40.9 Å². The number of hydrogen-bond acceptors (Lipinski definition) is 5. The van der Waals surface area contributed by atoms with Gasteiger partial charge in [0.1, 0.15) is 17.0 Å². The highest BCUT2D eigenvalue weighted by molar-refractivity contribution is 7.22. The maximum atomic E-state index is 12.9. The average molecular weight is 398 g/mol. The van der Waals surface area contributed by atoms with Crippen LogP contribution in [0.2, 0.25) is 5.02 Å². The van der Waals surface area contributed by atoms with Gasteiger partial charge in [-0.15, -0.1) is 0 Å². The highest BCUT2D eigenvalue weighted by Crippen LogP contribution is 2.33. The van der Waals surface area contributed by atoms with Crippen LogP contribution in [0.25, 0.3) is 21.5 Å². The molecule has 0 radical (unpaired) electrons. The molecule has 1 N–H and O–H groups in total. The normalized spacial score (nSPS) is 11.1. The van der Waals surface area contributed by atoms with Gasteiger partial charge in [-0.05, 0) is 44.0 Å². The second kappa shape index (κ2) is 6.79. The summed E-state index contributed by atoms with van der Waals surface area (Å²) in [5, 5.41) is 7.96. The number of rotatable bonds is 3. The van der Waals surface area contributed by atoms with Crippen molar-refractivity contribution in [2.45, 2.75) is 20.8 Å². The molecule has 27 heavy (non-hydrogen) atoms. The van der Waals surface area contributed by atoms with E-state index in [0.717, 1.165) is 21.3 Å². The molecule has 0 aliphatic rings. The van der Waals surface area contributed by atoms with Crippen LogP contribution in [-0.2, 0) is 0 Å². The van der Waals surface area contributed by atoms with Crippen molar-refractivity contribution in [3.63, 3.8) is 0 Å². The lowest BCUT2D eigenvalue weighted by atomic mass is 10.1. The summed E-state index contributed by atoms with van der Waals surface area (Å²) in [5.74, 6) is 0.104. The first-order chi connectivity index (χ1) is 12.9. The van der Waals surface area contributed by atoms with Gasteiger partial charge in [0.15, 0.2) is 5.13 Å². The topological polar surface area (TPSA) is 68.0 Å². The summed E-state index contributed by atoms with van der Waals surface area (Å²) in [6, 6.07) is 11.4. The van der Waals surface area contributed by atoms with Crippen LogP contribution in [-0.4, -0.2) is 16.0 Å². The second-order valence-corrected chi connectivity index (χ2v) is 7.78. The summed E-state index contributed by atoms with van der Waals surface area (Å²) in [7, 11) is 0. The molecule has 2 aromatic heterocycles. The van der Waals surface area contributed by atoms with E-state index in [9.17, 15) is 4.79 Å². The third kappa shape index (κ3) is 3.22. The van der Waals surface area contributed by atoms with Crippen LogP contribution in [0.3, 0.4) is 0 Å². The monoisotopic (exact) mass is 397 g/mol. The van der Waals surface area contributed by atoms with E-state index < -0.39 is 0 Å². The average Bonchev–Trinajstić information content (AvgIpc) is 3.18. The Hall–Kier alpha value is -2.70. The minimum atomic E-state index is -0.322. The Labute approximate surface area is 165 Å². The van der Waals surface area contributed by atoms with E-state index in [2.05, 4.69) is 27.6 Å². The van der Waals surface area contributed by atoms with E-state index in [0.29, 0.717) is 32.7 Å². The number of aryl methyl sites for hydroxylation is 3. The third-order valence-corrected chi connectivity index (χ3v) is 5.52. The second-order valence-electron chi connectivity index (χ2n) is 6.34. The number of fused-ring (bicyclic) bond motifs is 1. The lowest BCUT2D eigenvalue weighted by Gasteiger charge is -2.04. The van der Waals surface area contributed by atoms with Crippen molar-refractivity contribution in [1.29, 1.82) is 0 Å². The molecule has 136 valence electrons. The number of nitrogens with zero attached hydrogens (tertiary/aromatic N) is 2. The molecule has 0 aliphatic heterocycles. The van der Waals surface area contributed by atoms with E-state index >= 15 is 0 Å². The van der Waals surface area contributed by atoms with Gasteiger partial charge in [0.05, 0.1) is 15.2 Å². The van der Waals surface area contributed by atoms with Crippen molar-refractivity contribution in [2.24, 2.45) is 0 Å². The number of thiazole rings is 1. The smallest absolute Gasteiger partial charge is 0.263 e. The summed E-state index contributed by atoms with van der Waals surface area (Å²) in [5.41, 5.74) is 4.57. The van der Waals surface area contributed by atoms with E-state index in [4.69, 9.17) is 16.1 Å². The first kappa shape index (κ1) is 17.7. The van der Waals surface area contributed by atoms with Gasteiger partial charge in [-0.2, -0.15) is 0 Å². The first-order valence-electron chi connectivity index (χ1n) is 8.34. The molecule has 4 aromatic rings. The molecule has 2 heterocycles. The number of aromatic nitrogens is 2. The van der Waals surface area contributed by atoms with Crippen molar-refractivity contribution in [2.75, 3.05) is 5.32 Å². The molecule has 7 heteroatoms. The first-order valence-corrected chi connectivity index (χ1v) is 9.54. The number of amides is 1. The van der Waals surface area contributed by atoms with Crippen molar-refractivity contribution < 1.29 is 9.32 Å². The zero-order valence-corrected chi connectivity index (χ0v) is 16.5. The van der Waals surface area contributed by atoms with Crippen LogP contribution in [0.1, 0.15) is 27.2 Å². The quantitative estimate of drug-likeness (QED) is 0.475. The summed E-state index contributed by atoms with van der Waals surface area (Å²) in [6.07, 6.45) is 0. The summed E-state index contributed by atoms with van der Waals surface area (Å²) < 4.78 is 6.31. The zero-order valence-electron chi connectivity index (χ0n) is 15.0. The fraction of sp³-hybridized carbons (Fsp3) is 0.150.